The first-order valence-corrected chi connectivity index (χ1v) is 9.91. The van der Waals surface area contributed by atoms with Gasteiger partial charge in [0.2, 0.25) is 5.91 Å². The lowest BCUT2D eigenvalue weighted by Crippen LogP contribution is -2.46. The molecule has 3 rings (SSSR count). The predicted octanol–water partition coefficient (Wildman–Crippen LogP) is 1.38. The number of rotatable bonds is 3. The van der Waals surface area contributed by atoms with Crippen LogP contribution in [-0.4, -0.2) is 57.0 Å². The lowest BCUT2D eigenvalue weighted by molar-refractivity contribution is -0.136. The first-order chi connectivity index (χ1) is 11.2. The Morgan fingerprint density at radius 1 is 1.21 bits per heavy atom. The van der Waals surface area contributed by atoms with E-state index in [9.17, 15) is 13.2 Å². The van der Waals surface area contributed by atoms with Crippen LogP contribution >= 0.6 is 0 Å². The maximum atomic E-state index is 13.0. The van der Waals surface area contributed by atoms with Gasteiger partial charge in [-0.05, 0) is 38.0 Å². The Balaban J connectivity index is 1.83. The monoisotopic (exact) mass is 353 g/mol. The van der Waals surface area contributed by atoms with Crippen molar-refractivity contribution in [1.82, 2.24) is 4.90 Å². The number of carbonyl (C=O) groups excluding carboxylic acids is 1. The minimum atomic E-state index is -3.03. The molecule has 0 N–H and O–H groups in total. The second kappa shape index (κ2) is 5.95. The fourth-order valence-electron chi connectivity index (χ4n) is 3.24. The molecule has 1 unspecified atom stereocenters. The van der Waals surface area contributed by atoms with Gasteiger partial charge in [0.05, 0.1) is 16.9 Å². The molecule has 24 heavy (non-hydrogen) atoms. The highest BCUT2D eigenvalue weighted by Crippen LogP contribution is 2.36. The number of ether oxygens (including phenoxy) is 2. The van der Waals surface area contributed by atoms with E-state index in [0.717, 1.165) is 5.56 Å². The van der Waals surface area contributed by atoms with Crippen LogP contribution in [-0.2, 0) is 20.0 Å². The molecule has 0 aliphatic carbocycles. The molecule has 0 radical (unpaired) electrons. The zero-order chi connectivity index (χ0) is 17.5. The summed E-state index contributed by atoms with van der Waals surface area (Å²) in [5.41, 5.74) is 0.0428. The number of hydrogen-bond donors (Lipinski definition) is 0. The van der Waals surface area contributed by atoms with Crippen LogP contribution in [0.1, 0.15) is 25.8 Å². The Morgan fingerprint density at radius 2 is 1.88 bits per heavy atom. The predicted molar refractivity (Wildman–Crippen MR) is 90.3 cm³/mol. The van der Waals surface area contributed by atoms with Crippen LogP contribution in [0, 0.1) is 0 Å². The summed E-state index contributed by atoms with van der Waals surface area (Å²) in [6, 6.07) is 5.27. The number of likely N-dealkylation sites (N-methyl/N-ethyl adjacent to an activating group) is 1. The molecule has 6 nitrogen and oxygen atoms in total. The topological polar surface area (TPSA) is 72.9 Å². The quantitative estimate of drug-likeness (QED) is 0.821. The van der Waals surface area contributed by atoms with Crippen LogP contribution in [0.15, 0.2) is 18.2 Å². The van der Waals surface area contributed by atoms with Crippen LogP contribution in [0.25, 0.3) is 0 Å². The van der Waals surface area contributed by atoms with Crippen molar-refractivity contribution in [2.45, 2.75) is 31.7 Å². The van der Waals surface area contributed by atoms with Crippen molar-refractivity contribution in [1.29, 1.82) is 0 Å². The van der Waals surface area contributed by atoms with Crippen molar-refractivity contribution in [2.24, 2.45) is 0 Å². The second-order valence-electron chi connectivity index (χ2n) is 6.96. The summed E-state index contributed by atoms with van der Waals surface area (Å²) in [5, 5.41) is 0. The number of benzene rings is 1. The van der Waals surface area contributed by atoms with Gasteiger partial charge in [0.1, 0.15) is 13.2 Å². The van der Waals surface area contributed by atoms with Gasteiger partial charge >= 0.3 is 0 Å². The minimum absolute atomic E-state index is 0.0481. The molecule has 2 aliphatic rings. The molecule has 2 aliphatic heterocycles. The molecule has 0 spiro atoms. The molecular formula is C17H23NO5S. The summed E-state index contributed by atoms with van der Waals surface area (Å²) in [6.07, 6.45) is 0.502. The highest BCUT2D eigenvalue weighted by atomic mass is 32.2. The normalized spacial score (nSPS) is 22.2. The molecule has 0 saturated carbocycles. The Hall–Kier alpha value is -1.76. The molecule has 1 fully saturated rings. The maximum absolute atomic E-state index is 13.0. The van der Waals surface area contributed by atoms with E-state index in [1.165, 1.54) is 0 Å². The standard InChI is InChI=1S/C17H23NO5S/c1-17(2,12-4-5-14-15(10-12)23-8-7-22-14)16(19)18(3)13-6-9-24(20,21)11-13/h4-5,10,13H,6-9,11H2,1-3H3. The average Bonchev–Trinajstić information content (AvgIpc) is 2.93. The van der Waals surface area contributed by atoms with Crippen molar-refractivity contribution in [3.05, 3.63) is 23.8 Å². The van der Waals surface area contributed by atoms with E-state index in [-0.39, 0.29) is 23.5 Å². The van der Waals surface area contributed by atoms with E-state index < -0.39 is 15.3 Å². The third-order valence-corrected chi connectivity index (χ3v) is 6.63. The van der Waals surface area contributed by atoms with Gasteiger partial charge in [0.15, 0.2) is 21.3 Å². The van der Waals surface area contributed by atoms with Crippen LogP contribution in [0.4, 0.5) is 0 Å². The van der Waals surface area contributed by atoms with Gasteiger partial charge in [-0.3, -0.25) is 4.79 Å². The van der Waals surface area contributed by atoms with Crippen molar-refractivity contribution in [2.75, 3.05) is 31.8 Å². The summed E-state index contributed by atoms with van der Waals surface area (Å²) in [4.78, 5) is 14.6. The number of sulfone groups is 1. The zero-order valence-corrected chi connectivity index (χ0v) is 15.1. The summed E-state index contributed by atoms with van der Waals surface area (Å²) in [5.74, 6) is 1.43. The molecule has 1 aromatic carbocycles. The summed E-state index contributed by atoms with van der Waals surface area (Å²) >= 11 is 0. The average molecular weight is 353 g/mol. The third-order valence-electron chi connectivity index (χ3n) is 4.87. The first kappa shape index (κ1) is 17.1. The highest BCUT2D eigenvalue weighted by molar-refractivity contribution is 7.91. The molecule has 1 atom stereocenters. The number of amides is 1. The van der Waals surface area contributed by atoms with Gasteiger partial charge in [-0.2, -0.15) is 0 Å². The molecule has 1 amide bonds. The van der Waals surface area contributed by atoms with Crippen molar-refractivity contribution in [3.8, 4) is 11.5 Å². The minimum Gasteiger partial charge on any atom is -0.486 e. The zero-order valence-electron chi connectivity index (χ0n) is 14.2. The summed E-state index contributed by atoms with van der Waals surface area (Å²) in [7, 11) is -1.34. The van der Waals surface area contributed by atoms with Crippen LogP contribution in [0.5, 0.6) is 11.5 Å². The molecule has 0 bridgehead atoms. The Kier molecular flexibility index (Phi) is 4.23. The second-order valence-corrected chi connectivity index (χ2v) is 9.19. The first-order valence-electron chi connectivity index (χ1n) is 8.08. The van der Waals surface area contributed by atoms with E-state index >= 15 is 0 Å². The van der Waals surface area contributed by atoms with Crippen LogP contribution in [0.2, 0.25) is 0 Å². The summed E-state index contributed by atoms with van der Waals surface area (Å²) < 4.78 is 34.5. The van der Waals surface area contributed by atoms with Crippen molar-refractivity contribution < 1.29 is 22.7 Å². The fourth-order valence-corrected chi connectivity index (χ4v) is 5.02. The number of fused-ring (bicyclic) bond motifs is 1. The molecule has 1 saturated heterocycles. The van der Waals surface area contributed by atoms with E-state index in [0.29, 0.717) is 31.1 Å². The largest absolute Gasteiger partial charge is 0.486 e. The molecule has 2 heterocycles. The van der Waals surface area contributed by atoms with E-state index in [4.69, 9.17) is 9.47 Å². The van der Waals surface area contributed by atoms with Crippen LogP contribution in [0.3, 0.4) is 0 Å². The lowest BCUT2D eigenvalue weighted by Gasteiger charge is -2.33. The van der Waals surface area contributed by atoms with E-state index in [1.54, 1.807) is 11.9 Å². The van der Waals surface area contributed by atoms with Gasteiger partial charge in [-0.15, -0.1) is 0 Å². The smallest absolute Gasteiger partial charge is 0.232 e. The highest BCUT2D eigenvalue weighted by Gasteiger charge is 2.39. The van der Waals surface area contributed by atoms with E-state index in [2.05, 4.69) is 0 Å². The third kappa shape index (κ3) is 3.09. The number of hydrogen-bond acceptors (Lipinski definition) is 5. The lowest BCUT2D eigenvalue weighted by atomic mass is 9.82. The molecule has 1 aromatic rings. The Bertz CT molecular complexity index is 756. The Morgan fingerprint density at radius 3 is 2.50 bits per heavy atom. The molecule has 132 valence electrons. The van der Waals surface area contributed by atoms with Crippen molar-refractivity contribution in [3.63, 3.8) is 0 Å². The van der Waals surface area contributed by atoms with Gasteiger partial charge in [-0.25, -0.2) is 8.42 Å². The number of carbonyl (C=O) groups is 1. The molecular weight excluding hydrogens is 330 g/mol. The summed E-state index contributed by atoms with van der Waals surface area (Å²) in [6.45, 7) is 4.71. The molecule has 0 aromatic heterocycles. The SMILES string of the molecule is CN(C(=O)C(C)(C)c1ccc2c(c1)OCCO2)C1CCS(=O)(=O)C1. The fraction of sp³-hybridized carbons (Fsp3) is 0.588. The van der Waals surface area contributed by atoms with Gasteiger partial charge < -0.3 is 14.4 Å². The maximum Gasteiger partial charge on any atom is 0.232 e. The van der Waals surface area contributed by atoms with Crippen molar-refractivity contribution >= 4 is 15.7 Å². The van der Waals surface area contributed by atoms with Gasteiger partial charge in [0.25, 0.3) is 0 Å². The van der Waals surface area contributed by atoms with Gasteiger partial charge in [0, 0.05) is 13.1 Å². The van der Waals surface area contributed by atoms with Gasteiger partial charge in [-0.1, -0.05) is 6.07 Å². The van der Waals surface area contributed by atoms with E-state index in [1.807, 2.05) is 32.0 Å². The molecule has 7 heteroatoms. The number of nitrogens with zero attached hydrogens (tertiary/aromatic N) is 1. The van der Waals surface area contributed by atoms with Crippen LogP contribution < -0.4 is 9.47 Å². The Labute approximate surface area is 142 Å².